The minimum Gasteiger partial charge on any atom is -0.479 e. The van der Waals surface area contributed by atoms with Gasteiger partial charge in [-0.2, -0.15) is 0 Å². The minimum absolute atomic E-state index is 0.193. The van der Waals surface area contributed by atoms with Gasteiger partial charge in [0.15, 0.2) is 6.04 Å². The van der Waals surface area contributed by atoms with E-state index in [1.807, 2.05) is 0 Å². The number of hydrogen-bond acceptors (Lipinski definition) is 4. The average Bonchev–Trinajstić information content (AvgIpc) is 2.74. The zero-order chi connectivity index (χ0) is 12.4. The van der Waals surface area contributed by atoms with Crippen LogP contribution in [0.5, 0.6) is 0 Å². The molecule has 1 aliphatic heterocycles. The molecule has 1 aliphatic rings. The summed E-state index contributed by atoms with van der Waals surface area (Å²) in [6.45, 7) is 0. The highest BCUT2D eigenvalue weighted by atomic mass is 16.4. The number of para-hydroxylation sites is 1. The molecule has 0 saturated heterocycles. The van der Waals surface area contributed by atoms with Crippen molar-refractivity contribution >= 4 is 17.6 Å². The van der Waals surface area contributed by atoms with Gasteiger partial charge in [-0.05, 0) is 12.1 Å². The Labute approximate surface area is 96.8 Å². The molecule has 0 amide bonds. The highest BCUT2D eigenvalue weighted by Gasteiger charge is 2.37. The number of carboxylic acids is 2. The molecule has 1 aromatic carbocycles. The summed E-state index contributed by atoms with van der Waals surface area (Å²) in [5.41, 5.74) is 3.04. The van der Waals surface area contributed by atoms with E-state index in [1.54, 1.807) is 30.3 Å². The molecule has 0 spiro atoms. The lowest BCUT2D eigenvalue weighted by Gasteiger charge is -2.24. The van der Waals surface area contributed by atoms with Gasteiger partial charge in [0.2, 0.25) is 0 Å². The van der Waals surface area contributed by atoms with Gasteiger partial charge in [-0.15, -0.1) is 0 Å². The van der Waals surface area contributed by atoms with Crippen molar-refractivity contribution in [1.82, 2.24) is 5.43 Å². The Balaban J connectivity index is 2.34. The molecule has 0 saturated carbocycles. The molecular weight excluding hydrogens is 224 g/mol. The fraction of sp³-hybridized carbons (Fsp3) is 0.0909. The zero-order valence-corrected chi connectivity index (χ0v) is 8.70. The van der Waals surface area contributed by atoms with E-state index >= 15 is 0 Å². The third-order valence-electron chi connectivity index (χ3n) is 2.43. The number of rotatable bonds is 3. The number of aliphatic carboxylic acids is 2. The second kappa shape index (κ2) is 4.17. The van der Waals surface area contributed by atoms with Crippen molar-refractivity contribution in [2.24, 2.45) is 0 Å². The predicted octanol–water partition coefficient (Wildman–Crippen LogP) is 0.433. The number of carboxylic acid groups (broad SMARTS) is 2. The first-order chi connectivity index (χ1) is 8.11. The van der Waals surface area contributed by atoms with E-state index in [0.29, 0.717) is 5.69 Å². The maximum Gasteiger partial charge on any atom is 0.335 e. The van der Waals surface area contributed by atoms with Crippen LogP contribution in [0.1, 0.15) is 0 Å². The maximum absolute atomic E-state index is 11.1. The zero-order valence-electron chi connectivity index (χ0n) is 8.70. The second-order valence-corrected chi connectivity index (χ2v) is 3.48. The van der Waals surface area contributed by atoms with Gasteiger partial charge in [0.25, 0.3) is 0 Å². The Hall–Kier alpha value is -2.50. The number of anilines is 1. The van der Waals surface area contributed by atoms with E-state index < -0.39 is 18.0 Å². The van der Waals surface area contributed by atoms with Gasteiger partial charge in [0, 0.05) is 6.20 Å². The quantitative estimate of drug-likeness (QED) is 0.702. The van der Waals surface area contributed by atoms with Gasteiger partial charge in [-0.3, -0.25) is 5.01 Å². The van der Waals surface area contributed by atoms with E-state index in [0.717, 1.165) is 0 Å². The summed E-state index contributed by atoms with van der Waals surface area (Å²) in [5, 5.41) is 19.3. The first kappa shape index (κ1) is 11.0. The smallest absolute Gasteiger partial charge is 0.335 e. The van der Waals surface area contributed by atoms with Gasteiger partial charge in [-0.25, -0.2) is 9.59 Å². The Morgan fingerprint density at radius 2 is 1.82 bits per heavy atom. The Kier molecular flexibility index (Phi) is 2.70. The van der Waals surface area contributed by atoms with E-state index in [9.17, 15) is 9.59 Å². The topological polar surface area (TPSA) is 89.9 Å². The van der Waals surface area contributed by atoms with Gasteiger partial charge in [0.05, 0.1) is 11.3 Å². The van der Waals surface area contributed by atoms with Crippen LogP contribution in [-0.4, -0.2) is 28.2 Å². The minimum atomic E-state index is -1.25. The third-order valence-corrected chi connectivity index (χ3v) is 2.43. The van der Waals surface area contributed by atoms with Crippen LogP contribution < -0.4 is 10.4 Å². The molecule has 2 rings (SSSR count). The van der Waals surface area contributed by atoms with Crippen LogP contribution in [0.15, 0.2) is 42.1 Å². The predicted molar refractivity (Wildman–Crippen MR) is 59.2 cm³/mol. The Bertz CT molecular complexity index is 484. The van der Waals surface area contributed by atoms with Crippen LogP contribution in [0.4, 0.5) is 5.69 Å². The molecule has 0 radical (unpaired) electrons. The SMILES string of the molecule is O=C(O)C1=CNN(c2ccccc2)C1C(=O)O. The molecule has 3 N–H and O–H groups in total. The van der Waals surface area contributed by atoms with Crippen LogP contribution in [0.2, 0.25) is 0 Å². The van der Waals surface area contributed by atoms with E-state index in [1.165, 1.54) is 11.2 Å². The van der Waals surface area contributed by atoms with Gasteiger partial charge in [0.1, 0.15) is 0 Å². The van der Waals surface area contributed by atoms with Crippen molar-refractivity contribution < 1.29 is 19.8 Å². The molecule has 1 atom stereocenters. The summed E-state index contributed by atoms with van der Waals surface area (Å²) < 4.78 is 0. The number of hydrazine groups is 1. The van der Waals surface area contributed by atoms with Gasteiger partial charge < -0.3 is 15.6 Å². The lowest BCUT2D eigenvalue weighted by atomic mass is 10.1. The standard InChI is InChI=1S/C11H10N2O4/c14-10(15)8-6-12-13(9(8)11(16)17)7-4-2-1-3-5-7/h1-6,9,12H,(H,14,15)(H,16,17). The van der Waals surface area contributed by atoms with E-state index in [4.69, 9.17) is 10.2 Å². The molecule has 1 unspecified atom stereocenters. The molecule has 17 heavy (non-hydrogen) atoms. The molecule has 1 aromatic rings. The molecule has 0 aromatic heterocycles. The lowest BCUT2D eigenvalue weighted by Crippen LogP contribution is -2.44. The first-order valence-electron chi connectivity index (χ1n) is 4.88. The molecule has 6 nitrogen and oxygen atoms in total. The van der Waals surface area contributed by atoms with Crippen LogP contribution in [-0.2, 0) is 9.59 Å². The van der Waals surface area contributed by atoms with Crippen LogP contribution in [0.25, 0.3) is 0 Å². The van der Waals surface area contributed by atoms with Crippen LogP contribution >= 0.6 is 0 Å². The van der Waals surface area contributed by atoms with Crippen molar-refractivity contribution in [2.45, 2.75) is 6.04 Å². The molecule has 6 heteroatoms. The molecule has 88 valence electrons. The summed E-state index contributed by atoms with van der Waals surface area (Å²) >= 11 is 0. The normalized spacial score (nSPS) is 18.5. The maximum atomic E-state index is 11.1. The van der Waals surface area contributed by atoms with E-state index in [-0.39, 0.29) is 5.57 Å². The van der Waals surface area contributed by atoms with Crippen LogP contribution in [0.3, 0.4) is 0 Å². The van der Waals surface area contributed by atoms with Crippen molar-refractivity contribution in [3.8, 4) is 0 Å². The summed E-state index contributed by atoms with van der Waals surface area (Å²) in [6.07, 6.45) is 1.19. The highest BCUT2D eigenvalue weighted by molar-refractivity contribution is 5.99. The molecule has 0 bridgehead atoms. The van der Waals surface area contributed by atoms with Gasteiger partial charge >= 0.3 is 11.9 Å². The van der Waals surface area contributed by atoms with Gasteiger partial charge in [-0.1, -0.05) is 18.2 Å². The van der Waals surface area contributed by atoms with E-state index in [2.05, 4.69) is 5.43 Å². The monoisotopic (exact) mass is 234 g/mol. The Morgan fingerprint density at radius 1 is 1.18 bits per heavy atom. The first-order valence-corrected chi connectivity index (χ1v) is 4.88. The molecule has 1 heterocycles. The fourth-order valence-electron chi connectivity index (χ4n) is 1.67. The summed E-state index contributed by atoms with van der Waals surface area (Å²) in [5.74, 6) is -2.46. The highest BCUT2D eigenvalue weighted by Crippen LogP contribution is 2.23. The Morgan fingerprint density at radius 3 is 2.35 bits per heavy atom. The summed E-state index contributed by atoms with van der Waals surface area (Å²) in [7, 11) is 0. The van der Waals surface area contributed by atoms with Crippen molar-refractivity contribution in [1.29, 1.82) is 0 Å². The van der Waals surface area contributed by atoms with Crippen molar-refractivity contribution in [3.63, 3.8) is 0 Å². The third kappa shape index (κ3) is 1.92. The number of benzene rings is 1. The number of nitrogens with zero attached hydrogens (tertiary/aromatic N) is 1. The molecule has 0 fully saturated rings. The van der Waals surface area contributed by atoms with Crippen molar-refractivity contribution in [3.05, 3.63) is 42.1 Å². The summed E-state index contributed by atoms with van der Waals surface area (Å²) in [6, 6.07) is 7.45. The molecular formula is C11H10N2O4. The lowest BCUT2D eigenvalue weighted by molar-refractivity contribution is -0.140. The molecule has 0 aliphatic carbocycles. The second-order valence-electron chi connectivity index (χ2n) is 3.48. The fourth-order valence-corrected chi connectivity index (χ4v) is 1.67. The summed E-state index contributed by atoms with van der Waals surface area (Å²) in [4.78, 5) is 22.0. The van der Waals surface area contributed by atoms with Crippen molar-refractivity contribution in [2.75, 3.05) is 5.01 Å². The van der Waals surface area contributed by atoms with Crippen LogP contribution in [0, 0.1) is 0 Å². The largest absolute Gasteiger partial charge is 0.479 e. The number of carbonyl (C=O) groups is 2. The average molecular weight is 234 g/mol. The number of hydrogen-bond donors (Lipinski definition) is 3. The number of nitrogens with one attached hydrogen (secondary N) is 1.